The largest absolute Gasteiger partial charge is 0.474 e. The van der Waals surface area contributed by atoms with Crippen LogP contribution in [0.2, 0.25) is 15.1 Å². The van der Waals surface area contributed by atoms with Gasteiger partial charge in [-0.25, -0.2) is 4.98 Å². The Morgan fingerprint density at radius 2 is 1.79 bits per heavy atom. The molecule has 3 rings (SSSR count). The topological polar surface area (TPSA) is 105 Å². The Balaban J connectivity index is 2.24. The predicted octanol–water partition coefficient (Wildman–Crippen LogP) is 2.75. The molecule has 2 heterocycles. The Kier molecular flexibility index (Phi) is 6.68. The van der Waals surface area contributed by atoms with Crippen molar-refractivity contribution in [3.63, 3.8) is 0 Å². The molecule has 0 aliphatic carbocycles. The van der Waals surface area contributed by atoms with Crippen molar-refractivity contribution in [3.05, 3.63) is 61.4 Å². The highest BCUT2D eigenvalue weighted by molar-refractivity contribution is 6.38. The molecule has 0 saturated heterocycles. The molecule has 0 spiro atoms. The number of nitrogens with zero attached hydrogens (tertiary/aromatic N) is 2. The van der Waals surface area contributed by atoms with Crippen LogP contribution in [0.3, 0.4) is 0 Å². The van der Waals surface area contributed by atoms with Crippen LogP contribution in [-0.2, 0) is 0 Å². The number of hydrogen-bond donors (Lipinski definition) is 3. The van der Waals surface area contributed by atoms with Crippen molar-refractivity contribution in [3.8, 4) is 11.6 Å². The molecule has 0 aliphatic rings. The zero-order valence-corrected chi connectivity index (χ0v) is 17.4. The lowest BCUT2D eigenvalue weighted by Crippen LogP contribution is -2.34. The van der Waals surface area contributed by atoms with Gasteiger partial charge in [-0.05, 0) is 19.1 Å². The van der Waals surface area contributed by atoms with Gasteiger partial charge in [-0.1, -0.05) is 40.9 Å². The first-order valence-corrected chi connectivity index (χ1v) is 9.64. The molecule has 0 amide bonds. The summed E-state index contributed by atoms with van der Waals surface area (Å²) in [6.07, 6.45) is -1.47. The molecular weight excluding hydrogens is 443 g/mol. The minimum absolute atomic E-state index is 0.0600. The van der Waals surface area contributed by atoms with Gasteiger partial charge in [0.1, 0.15) is 24.2 Å². The van der Waals surface area contributed by atoms with E-state index in [2.05, 4.69) is 4.98 Å². The number of aliphatic hydroxyl groups excluding tert-OH is 3. The van der Waals surface area contributed by atoms with Gasteiger partial charge in [0, 0.05) is 11.8 Å². The maximum Gasteiger partial charge on any atom is 0.227 e. The molecule has 2 aromatic heterocycles. The summed E-state index contributed by atoms with van der Waals surface area (Å²) in [6.45, 7) is 0.668. The van der Waals surface area contributed by atoms with Gasteiger partial charge in [-0.3, -0.25) is 4.79 Å². The van der Waals surface area contributed by atoms with E-state index in [0.29, 0.717) is 21.4 Å². The van der Waals surface area contributed by atoms with Crippen molar-refractivity contribution in [1.29, 1.82) is 0 Å². The fourth-order valence-electron chi connectivity index (χ4n) is 2.90. The van der Waals surface area contributed by atoms with Gasteiger partial charge in [-0.2, -0.15) is 0 Å². The Labute approximate surface area is 180 Å². The van der Waals surface area contributed by atoms with Gasteiger partial charge in [0.2, 0.25) is 5.88 Å². The van der Waals surface area contributed by atoms with Gasteiger partial charge in [0.15, 0.2) is 5.43 Å². The first-order chi connectivity index (χ1) is 13.8. The molecule has 10 heteroatoms. The summed E-state index contributed by atoms with van der Waals surface area (Å²) in [7, 11) is 0. The summed E-state index contributed by atoms with van der Waals surface area (Å²) in [5.41, 5.74) is 0.855. The van der Waals surface area contributed by atoms with Crippen molar-refractivity contribution < 1.29 is 20.1 Å². The summed E-state index contributed by atoms with van der Waals surface area (Å²) < 4.78 is 7.10. The fraction of sp³-hybridized carbons (Fsp3) is 0.263. The number of benzene rings is 1. The van der Waals surface area contributed by atoms with Crippen LogP contribution in [0.4, 0.5) is 0 Å². The minimum atomic E-state index is -1.39. The number of hydrogen-bond acceptors (Lipinski definition) is 6. The minimum Gasteiger partial charge on any atom is -0.474 e. The lowest BCUT2D eigenvalue weighted by molar-refractivity contribution is -0.0343. The van der Waals surface area contributed by atoms with E-state index in [-0.39, 0.29) is 21.8 Å². The van der Waals surface area contributed by atoms with E-state index in [9.17, 15) is 15.0 Å². The molecule has 3 N–H and O–H groups in total. The second-order valence-electron chi connectivity index (χ2n) is 6.32. The molecule has 29 heavy (non-hydrogen) atoms. The van der Waals surface area contributed by atoms with Gasteiger partial charge in [-0.15, -0.1) is 0 Å². The lowest BCUT2D eigenvalue weighted by Gasteiger charge is -2.20. The quantitative estimate of drug-likeness (QED) is 0.523. The number of aromatic nitrogens is 2. The zero-order valence-electron chi connectivity index (χ0n) is 15.1. The molecular formula is C19H17Cl3N2O5. The van der Waals surface area contributed by atoms with Crippen LogP contribution in [0.15, 0.2) is 35.3 Å². The molecule has 0 fully saturated rings. The first-order valence-electron chi connectivity index (χ1n) is 8.51. The SMILES string of the molecule is Cc1cc(=O)c2c(OCC(O)C(O)CO)ncc(Cl)c2n1-c1c(Cl)cccc1Cl. The third kappa shape index (κ3) is 4.21. The zero-order chi connectivity index (χ0) is 21.3. The van der Waals surface area contributed by atoms with Gasteiger partial charge < -0.3 is 24.6 Å². The second-order valence-corrected chi connectivity index (χ2v) is 7.54. The van der Waals surface area contributed by atoms with E-state index in [1.807, 2.05) is 0 Å². The number of fused-ring (bicyclic) bond motifs is 1. The van der Waals surface area contributed by atoms with Crippen molar-refractivity contribution in [2.45, 2.75) is 19.1 Å². The molecule has 1 aromatic carbocycles. The number of aliphatic hydroxyl groups is 3. The molecule has 0 bridgehead atoms. The lowest BCUT2D eigenvalue weighted by atomic mass is 10.2. The Hall–Kier alpha value is -1.87. The number of aryl methyl sites for hydroxylation is 1. The summed E-state index contributed by atoms with van der Waals surface area (Å²) in [4.78, 5) is 16.8. The van der Waals surface area contributed by atoms with Crippen LogP contribution < -0.4 is 10.2 Å². The molecule has 154 valence electrons. The maximum absolute atomic E-state index is 12.8. The number of halogens is 3. The monoisotopic (exact) mass is 458 g/mol. The van der Waals surface area contributed by atoms with Crippen molar-refractivity contribution in [2.75, 3.05) is 13.2 Å². The standard InChI is InChI=1S/C19H17Cl3N2O5/c1-9-5-13(26)16-18(24(9)17-10(20)3-2-4-11(17)21)12(22)6-23-19(16)29-8-15(28)14(27)7-25/h2-6,14-15,25,27-28H,7-8H2,1H3. The molecule has 3 aromatic rings. The number of para-hydroxylation sites is 1. The highest BCUT2D eigenvalue weighted by Gasteiger charge is 2.22. The van der Waals surface area contributed by atoms with E-state index in [4.69, 9.17) is 44.6 Å². The smallest absolute Gasteiger partial charge is 0.227 e. The summed E-state index contributed by atoms with van der Waals surface area (Å²) in [5.74, 6) is -0.0875. The molecule has 7 nitrogen and oxygen atoms in total. The Morgan fingerprint density at radius 3 is 2.41 bits per heavy atom. The van der Waals surface area contributed by atoms with Crippen molar-refractivity contribution >= 4 is 45.7 Å². The van der Waals surface area contributed by atoms with Crippen molar-refractivity contribution in [1.82, 2.24) is 9.55 Å². The average Bonchev–Trinajstić information content (AvgIpc) is 2.68. The van der Waals surface area contributed by atoms with Gasteiger partial charge in [0.05, 0.1) is 39.1 Å². The van der Waals surface area contributed by atoms with Crippen LogP contribution >= 0.6 is 34.8 Å². The second kappa shape index (κ2) is 8.87. The van der Waals surface area contributed by atoms with E-state index in [1.165, 1.54) is 12.3 Å². The summed E-state index contributed by atoms with van der Waals surface area (Å²) >= 11 is 19.1. The van der Waals surface area contributed by atoms with Crippen molar-refractivity contribution in [2.24, 2.45) is 0 Å². The number of ether oxygens (including phenoxy) is 1. The number of rotatable bonds is 6. The Morgan fingerprint density at radius 1 is 1.14 bits per heavy atom. The Bertz CT molecular complexity index is 1100. The fourth-order valence-corrected chi connectivity index (χ4v) is 3.70. The predicted molar refractivity (Wildman–Crippen MR) is 112 cm³/mol. The summed E-state index contributed by atoms with van der Waals surface area (Å²) in [6, 6.07) is 6.38. The molecule has 0 saturated carbocycles. The normalized spacial score (nSPS) is 13.5. The van der Waals surface area contributed by atoms with Crippen LogP contribution in [0.25, 0.3) is 16.6 Å². The van der Waals surface area contributed by atoms with E-state index >= 15 is 0 Å². The maximum atomic E-state index is 12.8. The molecule has 0 aliphatic heterocycles. The third-order valence-corrected chi connectivity index (χ3v) is 5.20. The van der Waals surface area contributed by atoms with Gasteiger partial charge in [0.25, 0.3) is 0 Å². The third-order valence-electron chi connectivity index (χ3n) is 4.32. The number of pyridine rings is 2. The van der Waals surface area contributed by atoms with E-state index < -0.39 is 30.9 Å². The highest BCUT2D eigenvalue weighted by Crippen LogP contribution is 2.35. The molecule has 2 unspecified atom stereocenters. The highest BCUT2D eigenvalue weighted by atomic mass is 35.5. The van der Waals surface area contributed by atoms with E-state index in [0.717, 1.165) is 0 Å². The van der Waals surface area contributed by atoms with Crippen LogP contribution in [-0.4, -0.2) is 50.3 Å². The van der Waals surface area contributed by atoms with Crippen LogP contribution in [0, 0.1) is 6.92 Å². The van der Waals surface area contributed by atoms with Crippen LogP contribution in [0.5, 0.6) is 5.88 Å². The average molecular weight is 460 g/mol. The molecule has 2 atom stereocenters. The first kappa shape index (κ1) is 21.8. The van der Waals surface area contributed by atoms with E-state index in [1.54, 1.807) is 29.7 Å². The summed E-state index contributed by atoms with van der Waals surface area (Å²) in [5, 5.41) is 29.2. The molecule has 0 radical (unpaired) electrons. The van der Waals surface area contributed by atoms with Gasteiger partial charge >= 0.3 is 0 Å². The van der Waals surface area contributed by atoms with Crippen LogP contribution in [0.1, 0.15) is 5.69 Å².